The number of carbonyl (C=O) groups is 2. The lowest BCUT2D eigenvalue weighted by Gasteiger charge is -2.06. The molecule has 0 radical (unpaired) electrons. The number of nitrogens with zero attached hydrogens (tertiary/aromatic N) is 3. The first-order chi connectivity index (χ1) is 14.9. The molecule has 4 rings (SSSR count). The number of aryl methyl sites for hydroxylation is 1. The first-order valence-corrected chi connectivity index (χ1v) is 11.8. The van der Waals surface area contributed by atoms with E-state index in [0.717, 1.165) is 22.7 Å². The molecule has 2 aromatic heterocycles. The number of benzene rings is 1. The Balaban J connectivity index is 1.38. The second-order valence-electron chi connectivity index (χ2n) is 7.57. The van der Waals surface area contributed by atoms with E-state index in [0.29, 0.717) is 27.6 Å². The zero-order valence-corrected chi connectivity index (χ0v) is 19.5. The maximum absolute atomic E-state index is 12.5. The van der Waals surface area contributed by atoms with E-state index in [9.17, 15) is 9.59 Å². The van der Waals surface area contributed by atoms with Gasteiger partial charge >= 0.3 is 5.97 Å². The minimum absolute atomic E-state index is 0.176. The van der Waals surface area contributed by atoms with Crippen LogP contribution in [0.1, 0.15) is 50.4 Å². The Hall–Kier alpha value is -2.65. The van der Waals surface area contributed by atoms with Gasteiger partial charge in [-0.05, 0) is 37.3 Å². The van der Waals surface area contributed by atoms with Crippen molar-refractivity contribution in [1.29, 1.82) is 0 Å². The third-order valence-corrected chi connectivity index (χ3v) is 7.72. The number of carbonyl (C=O) groups excluding carboxylic acids is 2. The van der Waals surface area contributed by atoms with Crippen LogP contribution in [-0.4, -0.2) is 39.5 Å². The van der Waals surface area contributed by atoms with Crippen molar-refractivity contribution >= 4 is 40.0 Å². The molecule has 3 aromatic rings. The van der Waals surface area contributed by atoms with Crippen molar-refractivity contribution in [3.63, 3.8) is 0 Å². The maximum atomic E-state index is 12.5. The van der Waals surface area contributed by atoms with Crippen LogP contribution >= 0.6 is 23.1 Å². The Labute approximate surface area is 189 Å². The number of ether oxygens (including phenoxy) is 1. The molecule has 0 spiro atoms. The summed E-state index contributed by atoms with van der Waals surface area (Å²) in [6.07, 6.45) is 1.06. The lowest BCUT2D eigenvalue weighted by Crippen LogP contribution is -2.16. The lowest BCUT2D eigenvalue weighted by atomic mass is 10.1. The van der Waals surface area contributed by atoms with Crippen LogP contribution in [0, 0.1) is 13.8 Å². The van der Waals surface area contributed by atoms with Crippen molar-refractivity contribution in [2.24, 2.45) is 7.05 Å². The summed E-state index contributed by atoms with van der Waals surface area (Å²) >= 11 is 2.71. The predicted molar refractivity (Wildman–Crippen MR) is 122 cm³/mol. The Morgan fingerprint density at radius 3 is 2.68 bits per heavy atom. The van der Waals surface area contributed by atoms with Gasteiger partial charge in [-0.2, -0.15) is 0 Å². The highest BCUT2D eigenvalue weighted by molar-refractivity contribution is 7.99. The molecule has 9 heteroatoms. The van der Waals surface area contributed by atoms with Gasteiger partial charge in [-0.25, -0.2) is 4.79 Å². The molecule has 7 nitrogen and oxygen atoms in total. The molecule has 2 unspecified atom stereocenters. The number of esters is 1. The Bertz CT molecular complexity index is 1120. The first kappa shape index (κ1) is 21.6. The van der Waals surface area contributed by atoms with Gasteiger partial charge < -0.3 is 14.6 Å². The summed E-state index contributed by atoms with van der Waals surface area (Å²) in [5.41, 5.74) is 2.58. The molecule has 0 bridgehead atoms. The summed E-state index contributed by atoms with van der Waals surface area (Å²) in [6, 6.07) is 10.4. The van der Waals surface area contributed by atoms with Gasteiger partial charge in [0.25, 0.3) is 0 Å². The minimum atomic E-state index is -0.444. The largest absolute Gasteiger partial charge is 0.465 e. The van der Waals surface area contributed by atoms with Gasteiger partial charge in [0.15, 0.2) is 5.16 Å². The minimum Gasteiger partial charge on any atom is -0.465 e. The zero-order chi connectivity index (χ0) is 22.1. The molecule has 0 aliphatic heterocycles. The molecule has 162 valence electrons. The standard InChI is InChI=1S/C22H24N4O3S2/c1-12-13(2)31-20(18(12)21(28)29-4)23-17(27)11-30-22-25-24-19(26(22)3)16-10-15(16)14-8-6-5-7-9-14/h5-9,15-16H,10-11H2,1-4H3,(H,23,27). The summed E-state index contributed by atoms with van der Waals surface area (Å²) in [5.74, 6) is 1.33. The van der Waals surface area contributed by atoms with Gasteiger partial charge in [0.05, 0.1) is 18.4 Å². The van der Waals surface area contributed by atoms with Crippen molar-refractivity contribution in [2.45, 2.75) is 37.3 Å². The fourth-order valence-corrected chi connectivity index (χ4v) is 5.46. The molecular weight excluding hydrogens is 432 g/mol. The Morgan fingerprint density at radius 1 is 1.23 bits per heavy atom. The fourth-order valence-electron chi connectivity index (χ4n) is 3.68. The normalized spacial score (nSPS) is 17.4. The van der Waals surface area contributed by atoms with Crippen molar-refractivity contribution in [2.75, 3.05) is 18.2 Å². The number of thiophene rings is 1. The third kappa shape index (κ3) is 4.38. The van der Waals surface area contributed by atoms with E-state index in [1.165, 1.54) is 35.8 Å². The van der Waals surface area contributed by atoms with E-state index in [1.807, 2.05) is 31.5 Å². The lowest BCUT2D eigenvalue weighted by molar-refractivity contribution is -0.113. The third-order valence-electron chi connectivity index (χ3n) is 5.58. The molecular formula is C22H24N4O3S2. The van der Waals surface area contributed by atoms with Crippen LogP contribution in [0.25, 0.3) is 0 Å². The second kappa shape index (κ2) is 8.84. The van der Waals surface area contributed by atoms with Crippen LogP contribution in [0.3, 0.4) is 0 Å². The molecule has 2 atom stereocenters. The van der Waals surface area contributed by atoms with Crippen molar-refractivity contribution in [1.82, 2.24) is 14.8 Å². The zero-order valence-electron chi connectivity index (χ0n) is 17.8. The fraction of sp³-hybridized carbons (Fsp3) is 0.364. The van der Waals surface area contributed by atoms with E-state index < -0.39 is 5.97 Å². The van der Waals surface area contributed by atoms with E-state index in [2.05, 4.69) is 39.8 Å². The van der Waals surface area contributed by atoms with E-state index in [-0.39, 0.29) is 11.7 Å². The average molecular weight is 457 g/mol. The molecule has 1 aliphatic carbocycles. The predicted octanol–water partition coefficient (Wildman–Crippen LogP) is 4.28. The van der Waals surface area contributed by atoms with Gasteiger partial charge in [-0.15, -0.1) is 21.5 Å². The smallest absolute Gasteiger partial charge is 0.341 e. The van der Waals surface area contributed by atoms with Crippen molar-refractivity contribution in [3.8, 4) is 0 Å². The number of hydrogen-bond donors (Lipinski definition) is 1. The maximum Gasteiger partial charge on any atom is 0.341 e. The van der Waals surface area contributed by atoms with E-state index in [1.54, 1.807) is 0 Å². The van der Waals surface area contributed by atoms with Gasteiger partial charge in [-0.3, -0.25) is 4.79 Å². The summed E-state index contributed by atoms with van der Waals surface area (Å²) in [5, 5.41) is 12.7. The van der Waals surface area contributed by atoms with E-state index in [4.69, 9.17) is 4.74 Å². The molecule has 1 aromatic carbocycles. The molecule has 2 heterocycles. The van der Waals surface area contributed by atoms with Gasteiger partial charge in [0.1, 0.15) is 10.8 Å². The van der Waals surface area contributed by atoms with Crippen molar-refractivity contribution < 1.29 is 14.3 Å². The summed E-state index contributed by atoms with van der Waals surface area (Å²) in [4.78, 5) is 25.6. The number of anilines is 1. The molecule has 1 amide bonds. The van der Waals surface area contributed by atoms with Gasteiger partial charge in [0, 0.05) is 17.8 Å². The quantitative estimate of drug-likeness (QED) is 0.422. The highest BCUT2D eigenvalue weighted by Gasteiger charge is 2.42. The number of amides is 1. The van der Waals surface area contributed by atoms with Crippen LogP contribution in [0.5, 0.6) is 0 Å². The molecule has 0 saturated heterocycles. The molecule has 31 heavy (non-hydrogen) atoms. The average Bonchev–Trinajstić information content (AvgIpc) is 3.40. The van der Waals surface area contributed by atoms with Crippen LogP contribution in [-0.2, 0) is 16.6 Å². The summed E-state index contributed by atoms with van der Waals surface area (Å²) < 4.78 is 6.84. The molecule has 1 N–H and O–H groups in total. The van der Waals surface area contributed by atoms with Crippen molar-refractivity contribution in [3.05, 3.63) is 57.7 Å². The van der Waals surface area contributed by atoms with Crippen LogP contribution in [0.15, 0.2) is 35.5 Å². The molecule has 1 saturated carbocycles. The number of methoxy groups -OCH3 is 1. The highest BCUT2D eigenvalue weighted by atomic mass is 32.2. The topological polar surface area (TPSA) is 86.1 Å². The summed E-state index contributed by atoms with van der Waals surface area (Å²) in [7, 11) is 3.28. The second-order valence-corrected chi connectivity index (χ2v) is 9.74. The number of nitrogens with one attached hydrogen (secondary N) is 1. The Kier molecular flexibility index (Phi) is 6.15. The molecule has 1 fully saturated rings. The molecule has 1 aliphatic rings. The van der Waals surface area contributed by atoms with Gasteiger partial charge in [-0.1, -0.05) is 42.1 Å². The first-order valence-electron chi connectivity index (χ1n) is 9.95. The van der Waals surface area contributed by atoms with Crippen LogP contribution in [0.2, 0.25) is 0 Å². The number of thioether (sulfide) groups is 1. The number of hydrogen-bond acceptors (Lipinski definition) is 7. The van der Waals surface area contributed by atoms with Crippen LogP contribution < -0.4 is 5.32 Å². The summed E-state index contributed by atoms with van der Waals surface area (Å²) in [6.45, 7) is 3.77. The monoisotopic (exact) mass is 456 g/mol. The number of aromatic nitrogens is 3. The SMILES string of the molecule is COC(=O)c1c(NC(=O)CSc2nnc(C3CC3c3ccccc3)n2C)sc(C)c1C. The van der Waals surface area contributed by atoms with E-state index >= 15 is 0 Å². The van der Waals surface area contributed by atoms with Crippen LogP contribution in [0.4, 0.5) is 5.00 Å². The highest BCUT2D eigenvalue weighted by Crippen LogP contribution is 2.54. The number of rotatable bonds is 7. The van der Waals surface area contributed by atoms with Gasteiger partial charge in [0.2, 0.25) is 5.91 Å². The Morgan fingerprint density at radius 2 is 1.97 bits per heavy atom.